The third-order valence-electron chi connectivity index (χ3n) is 7.51. The van der Waals surface area contributed by atoms with E-state index in [1.807, 2.05) is 0 Å². The lowest BCUT2D eigenvalue weighted by molar-refractivity contribution is -0.139. The Kier molecular flexibility index (Phi) is 8.62. The van der Waals surface area contributed by atoms with Gasteiger partial charge >= 0.3 is 6.18 Å². The molecular weight excluding hydrogens is 511 g/mol. The maximum atomic E-state index is 13.2. The van der Waals surface area contributed by atoms with E-state index in [9.17, 15) is 21.6 Å². The van der Waals surface area contributed by atoms with Crippen LogP contribution in [0.1, 0.15) is 41.0 Å². The summed E-state index contributed by atoms with van der Waals surface area (Å²) in [6.45, 7) is 6.46. The van der Waals surface area contributed by atoms with Gasteiger partial charge in [-0.25, -0.2) is 13.1 Å². The van der Waals surface area contributed by atoms with Crippen LogP contribution < -0.4 is 10.5 Å². The molecule has 0 aliphatic carbocycles. The fourth-order valence-electron chi connectivity index (χ4n) is 5.16. The van der Waals surface area contributed by atoms with E-state index in [0.717, 1.165) is 25.2 Å². The lowest BCUT2D eigenvalue weighted by Crippen LogP contribution is -2.58. The third kappa shape index (κ3) is 6.12. The number of sulfonamides is 1. The van der Waals surface area contributed by atoms with Gasteiger partial charge in [-0.1, -0.05) is 54.6 Å². The maximum Gasteiger partial charge on any atom is 0.417 e. The lowest BCUT2D eigenvalue weighted by Gasteiger charge is -2.48. The Bertz CT molecular complexity index is 1360. The van der Waals surface area contributed by atoms with E-state index in [2.05, 4.69) is 65.9 Å². The van der Waals surface area contributed by atoms with Crippen LogP contribution in [0, 0.1) is 13.8 Å². The second kappa shape index (κ2) is 11.6. The standard InChI is InChI=1S/C29H34F3N3O2S/c1-20-8-7-9-24(21(20)2)22-12-14-23(15-13-22)25-19-35(27(25)18-33)17-6-5-16-34-38(36,37)28-11-4-3-10-26(28)29(30,31)32/h3-4,7-15,25,27,34H,5-6,16-19,33H2,1-2H3/t25?,27-/m1/s1. The summed E-state index contributed by atoms with van der Waals surface area (Å²) in [4.78, 5) is 1.54. The van der Waals surface area contributed by atoms with Gasteiger partial charge in [0.2, 0.25) is 10.0 Å². The van der Waals surface area contributed by atoms with Gasteiger partial charge in [-0.15, -0.1) is 0 Å². The molecule has 1 aliphatic rings. The minimum absolute atomic E-state index is 0.0684. The molecular formula is C29H34F3N3O2S. The summed E-state index contributed by atoms with van der Waals surface area (Å²) in [6, 6.07) is 19.4. The van der Waals surface area contributed by atoms with E-state index < -0.39 is 26.7 Å². The van der Waals surface area contributed by atoms with Gasteiger partial charge in [0.15, 0.2) is 0 Å². The topological polar surface area (TPSA) is 75.4 Å². The van der Waals surface area contributed by atoms with Crippen LogP contribution in [0.2, 0.25) is 0 Å². The summed E-state index contributed by atoms with van der Waals surface area (Å²) in [5.41, 5.74) is 11.1. The van der Waals surface area contributed by atoms with Crippen LogP contribution in [-0.4, -0.2) is 45.5 Å². The lowest BCUT2D eigenvalue weighted by atomic mass is 9.81. The monoisotopic (exact) mass is 545 g/mol. The Morgan fingerprint density at radius 2 is 1.68 bits per heavy atom. The molecule has 1 fully saturated rings. The molecule has 1 unspecified atom stereocenters. The van der Waals surface area contributed by atoms with Crippen molar-refractivity contribution < 1.29 is 21.6 Å². The molecule has 0 aromatic heterocycles. The molecule has 0 spiro atoms. The van der Waals surface area contributed by atoms with Crippen molar-refractivity contribution in [2.75, 3.05) is 26.2 Å². The molecule has 1 heterocycles. The number of aryl methyl sites for hydroxylation is 1. The first-order valence-corrected chi connectivity index (χ1v) is 14.3. The van der Waals surface area contributed by atoms with Gasteiger partial charge in [0.1, 0.15) is 0 Å². The van der Waals surface area contributed by atoms with Crippen LogP contribution in [-0.2, 0) is 16.2 Å². The van der Waals surface area contributed by atoms with E-state index in [1.54, 1.807) is 0 Å². The first-order chi connectivity index (χ1) is 18.0. The second-order valence-corrected chi connectivity index (χ2v) is 11.6. The van der Waals surface area contributed by atoms with Gasteiger partial charge in [-0.2, -0.15) is 13.2 Å². The molecule has 0 saturated carbocycles. The zero-order valence-electron chi connectivity index (χ0n) is 21.6. The molecule has 9 heteroatoms. The first kappa shape index (κ1) is 28.3. The predicted octanol–water partition coefficient (Wildman–Crippen LogP) is 5.47. The van der Waals surface area contributed by atoms with E-state index in [1.165, 1.54) is 39.9 Å². The number of hydrogen-bond acceptors (Lipinski definition) is 4. The Hall–Kier alpha value is -2.72. The summed E-state index contributed by atoms with van der Waals surface area (Å²) in [5.74, 6) is 0.338. The third-order valence-corrected chi connectivity index (χ3v) is 9.03. The molecule has 4 rings (SSSR count). The summed E-state index contributed by atoms with van der Waals surface area (Å²) >= 11 is 0. The number of benzene rings is 3. The Balaban J connectivity index is 1.27. The molecule has 0 bridgehead atoms. The Morgan fingerprint density at radius 3 is 2.37 bits per heavy atom. The van der Waals surface area contributed by atoms with E-state index in [4.69, 9.17) is 5.73 Å². The summed E-state index contributed by atoms with van der Waals surface area (Å²) in [7, 11) is -4.26. The van der Waals surface area contributed by atoms with Crippen molar-refractivity contribution in [3.8, 4) is 11.1 Å². The number of nitrogens with one attached hydrogen (secondary N) is 1. The van der Waals surface area contributed by atoms with Gasteiger partial charge in [0.05, 0.1) is 10.5 Å². The number of unbranched alkanes of at least 4 members (excludes halogenated alkanes) is 1. The van der Waals surface area contributed by atoms with Crippen LogP contribution in [0.25, 0.3) is 11.1 Å². The van der Waals surface area contributed by atoms with Crippen molar-refractivity contribution in [3.05, 3.63) is 89.0 Å². The summed E-state index contributed by atoms with van der Waals surface area (Å²) < 4.78 is 66.9. The van der Waals surface area contributed by atoms with E-state index in [-0.39, 0.29) is 12.6 Å². The van der Waals surface area contributed by atoms with Gasteiger partial charge in [-0.05, 0) is 73.2 Å². The minimum atomic E-state index is -4.74. The first-order valence-electron chi connectivity index (χ1n) is 12.8. The van der Waals surface area contributed by atoms with E-state index in [0.29, 0.717) is 25.3 Å². The largest absolute Gasteiger partial charge is 0.417 e. The van der Waals surface area contributed by atoms with Gasteiger partial charge in [0.25, 0.3) is 0 Å². The van der Waals surface area contributed by atoms with Crippen LogP contribution >= 0.6 is 0 Å². The molecule has 1 aliphatic heterocycles. The highest BCUT2D eigenvalue weighted by atomic mass is 32.2. The minimum Gasteiger partial charge on any atom is -0.329 e. The zero-order valence-corrected chi connectivity index (χ0v) is 22.4. The SMILES string of the molecule is Cc1cccc(-c2ccc(C3CN(CCCCNS(=O)(=O)c4ccccc4C(F)(F)F)[C@@H]3CN)cc2)c1C. The smallest absolute Gasteiger partial charge is 0.329 e. The number of halogens is 3. The van der Waals surface area contributed by atoms with Gasteiger partial charge < -0.3 is 5.73 Å². The number of nitrogens with zero attached hydrogens (tertiary/aromatic N) is 1. The number of rotatable bonds is 10. The normalized spacial score (nSPS) is 18.4. The number of likely N-dealkylation sites (tertiary alicyclic amines) is 1. The molecule has 5 nitrogen and oxygen atoms in total. The molecule has 204 valence electrons. The van der Waals surface area contributed by atoms with Crippen molar-refractivity contribution in [2.45, 2.75) is 49.7 Å². The molecule has 2 atom stereocenters. The average Bonchev–Trinajstić information content (AvgIpc) is 2.87. The second-order valence-electron chi connectivity index (χ2n) is 9.87. The van der Waals surface area contributed by atoms with Crippen molar-refractivity contribution in [3.63, 3.8) is 0 Å². The van der Waals surface area contributed by atoms with Crippen LogP contribution in [0.3, 0.4) is 0 Å². The highest BCUT2D eigenvalue weighted by Gasteiger charge is 2.38. The van der Waals surface area contributed by atoms with Crippen LogP contribution in [0.15, 0.2) is 71.6 Å². The van der Waals surface area contributed by atoms with Crippen molar-refractivity contribution in [2.24, 2.45) is 5.73 Å². The number of hydrogen-bond donors (Lipinski definition) is 2. The number of alkyl halides is 3. The summed E-state index contributed by atoms with van der Waals surface area (Å²) in [5, 5.41) is 0. The molecule has 1 saturated heterocycles. The predicted molar refractivity (Wildman–Crippen MR) is 144 cm³/mol. The molecule has 3 aromatic rings. The van der Waals surface area contributed by atoms with Crippen molar-refractivity contribution >= 4 is 10.0 Å². The highest BCUT2D eigenvalue weighted by Crippen LogP contribution is 2.36. The number of nitrogens with two attached hydrogens (primary N) is 1. The fraction of sp³-hybridized carbons (Fsp3) is 0.379. The molecule has 3 N–H and O–H groups in total. The molecule has 3 aromatic carbocycles. The fourth-order valence-corrected chi connectivity index (χ4v) is 6.46. The Morgan fingerprint density at radius 1 is 0.974 bits per heavy atom. The molecule has 0 amide bonds. The highest BCUT2D eigenvalue weighted by molar-refractivity contribution is 7.89. The van der Waals surface area contributed by atoms with Crippen LogP contribution in [0.4, 0.5) is 13.2 Å². The Labute approximate surface area is 222 Å². The van der Waals surface area contributed by atoms with Crippen LogP contribution in [0.5, 0.6) is 0 Å². The van der Waals surface area contributed by atoms with Crippen molar-refractivity contribution in [1.82, 2.24) is 9.62 Å². The van der Waals surface area contributed by atoms with E-state index >= 15 is 0 Å². The average molecular weight is 546 g/mol. The zero-order chi connectivity index (χ0) is 27.5. The van der Waals surface area contributed by atoms with Gasteiger partial charge in [0, 0.05) is 31.6 Å². The van der Waals surface area contributed by atoms with Crippen molar-refractivity contribution in [1.29, 1.82) is 0 Å². The molecule has 38 heavy (non-hydrogen) atoms. The van der Waals surface area contributed by atoms with Gasteiger partial charge in [-0.3, -0.25) is 4.90 Å². The summed E-state index contributed by atoms with van der Waals surface area (Å²) in [6.07, 6.45) is -3.52. The quantitative estimate of drug-likeness (QED) is 0.331. The maximum absolute atomic E-state index is 13.2. The molecule has 0 radical (unpaired) electrons.